The van der Waals surface area contributed by atoms with Crippen LogP contribution >= 0.6 is 0 Å². The molecule has 3 rings (SSSR count). The van der Waals surface area contributed by atoms with E-state index in [2.05, 4.69) is 20.7 Å². The Morgan fingerprint density at radius 3 is 2.79 bits per heavy atom. The molecule has 29 heavy (non-hydrogen) atoms. The van der Waals surface area contributed by atoms with Crippen molar-refractivity contribution in [1.82, 2.24) is 20.1 Å². The topological polar surface area (TPSA) is 98.1 Å². The fourth-order valence-electron chi connectivity index (χ4n) is 3.13. The number of carbonyl (C=O) groups is 2. The van der Waals surface area contributed by atoms with Gasteiger partial charge in [-0.05, 0) is 38.8 Å². The minimum Gasteiger partial charge on any atom is -0.444 e. The van der Waals surface area contributed by atoms with Crippen LogP contribution in [0.15, 0.2) is 36.8 Å². The zero-order valence-electron chi connectivity index (χ0n) is 17.4. The number of aromatic nitrogens is 3. The number of rotatable bonds is 1. The summed E-state index contributed by atoms with van der Waals surface area (Å²) in [7, 11) is 1.81. The molecule has 2 aromatic heterocycles. The van der Waals surface area contributed by atoms with Gasteiger partial charge in [0.2, 0.25) is 5.91 Å². The molecule has 3 heterocycles. The normalized spacial score (nSPS) is 19.4. The Hall–Kier alpha value is -3.16. The van der Waals surface area contributed by atoms with Gasteiger partial charge in [0.15, 0.2) is 0 Å². The van der Waals surface area contributed by atoms with Gasteiger partial charge in [0.1, 0.15) is 5.60 Å². The number of fused-ring (bicyclic) bond motifs is 4. The van der Waals surface area contributed by atoms with Crippen LogP contribution in [0.1, 0.15) is 45.7 Å². The summed E-state index contributed by atoms with van der Waals surface area (Å²) in [5.41, 5.74) is 2.41. The summed E-state index contributed by atoms with van der Waals surface area (Å²) < 4.78 is 7.11. The molecule has 2 amide bonds. The smallest absolute Gasteiger partial charge is 0.408 e. The first kappa shape index (κ1) is 20.6. The lowest BCUT2D eigenvalue weighted by molar-refractivity contribution is -0.118. The molecule has 154 valence electrons. The standard InChI is InChI=1S/C21H27N5O3/c1-13-7-6-8-16(25-20(28)29-21(2,3)4)14-9-15(11-22-10-14)18-17(24-19(13)27)12-23-26(18)5/h6-7,9-13,16H,8H2,1-5H3,(H,24,27)(H,25,28)/t13-,16+/m1/s1. The predicted octanol–water partition coefficient (Wildman–Crippen LogP) is 3.58. The van der Waals surface area contributed by atoms with E-state index in [4.69, 9.17) is 4.74 Å². The average Bonchev–Trinajstić information content (AvgIpc) is 2.98. The molecule has 1 aliphatic heterocycles. The van der Waals surface area contributed by atoms with Crippen LogP contribution in [0.5, 0.6) is 0 Å². The number of amides is 2. The summed E-state index contributed by atoms with van der Waals surface area (Å²) in [6, 6.07) is 1.60. The number of nitrogens with zero attached hydrogens (tertiary/aromatic N) is 3. The van der Waals surface area contributed by atoms with Gasteiger partial charge < -0.3 is 15.4 Å². The molecule has 0 unspecified atom stereocenters. The molecule has 0 radical (unpaired) electrons. The van der Waals surface area contributed by atoms with Gasteiger partial charge in [0.05, 0.1) is 29.5 Å². The second-order valence-electron chi connectivity index (χ2n) is 8.18. The first-order valence-electron chi connectivity index (χ1n) is 9.58. The first-order chi connectivity index (χ1) is 13.6. The third-order valence-corrected chi connectivity index (χ3v) is 4.53. The quantitative estimate of drug-likeness (QED) is 0.717. The predicted molar refractivity (Wildman–Crippen MR) is 110 cm³/mol. The van der Waals surface area contributed by atoms with Gasteiger partial charge in [-0.2, -0.15) is 5.10 Å². The van der Waals surface area contributed by atoms with E-state index in [0.29, 0.717) is 12.1 Å². The minimum atomic E-state index is -0.596. The molecule has 1 aliphatic rings. The second kappa shape index (κ2) is 8.06. The molecule has 2 N–H and O–H groups in total. The molecule has 8 heteroatoms. The van der Waals surface area contributed by atoms with Crippen LogP contribution in [0.25, 0.3) is 11.3 Å². The Morgan fingerprint density at radius 2 is 2.07 bits per heavy atom. The van der Waals surface area contributed by atoms with Crippen molar-refractivity contribution < 1.29 is 14.3 Å². The number of pyridine rings is 1. The van der Waals surface area contributed by atoms with Crippen LogP contribution in [-0.4, -0.2) is 32.4 Å². The maximum atomic E-state index is 12.5. The number of anilines is 1. The van der Waals surface area contributed by atoms with E-state index in [-0.39, 0.29) is 17.9 Å². The first-order valence-corrected chi connectivity index (χ1v) is 9.58. The summed E-state index contributed by atoms with van der Waals surface area (Å²) in [4.78, 5) is 29.3. The Labute approximate surface area is 170 Å². The van der Waals surface area contributed by atoms with Crippen LogP contribution in [0, 0.1) is 5.92 Å². The lowest BCUT2D eigenvalue weighted by Crippen LogP contribution is -2.35. The van der Waals surface area contributed by atoms with Gasteiger partial charge in [0.25, 0.3) is 0 Å². The van der Waals surface area contributed by atoms with Gasteiger partial charge in [-0.15, -0.1) is 0 Å². The average molecular weight is 397 g/mol. The van der Waals surface area contributed by atoms with E-state index >= 15 is 0 Å². The van der Waals surface area contributed by atoms with Crippen LogP contribution in [0.4, 0.5) is 10.5 Å². The fraction of sp³-hybridized carbons (Fsp3) is 0.429. The molecular weight excluding hydrogens is 370 g/mol. The van der Waals surface area contributed by atoms with E-state index in [0.717, 1.165) is 16.8 Å². The Bertz CT molecular complexity index is 942. The van der Waals surface area contributed by atoms with E-state index in [1.165, 1.54) is 0 Å². The van der Waals surface area contributed by atoms with Crippen molar-refractivity contribution in [1.29, 1.82) is 0 Å². The number of aryl methyl sites for hydroxylation is 1. The van der Waals surface area contributed by atoms with Crippen molar-refractivity contribution in [2.45, 2.75) is 45.8 Å². The molecule has 2 bridgehead atoms. The van der Waals surface area contributed by atoms with Gasteiger partial charge in [-0.1, -0.05) is 19.1 Å². The largest absolute Gasteiger partial charge is 0.444 e. The maximum Gasteiger partial charge on any atom is 0.408 e. The SMILES string of the molecule is C[C@@H]1C=CC[C@H](NC(=O)OC(C)(C)C)c2cncc(c2)-c2c(cnn2C)NC1=O. The number of hydrogen-bond donors (Lipinski definition) is 2. The maximum absolute atomic E-state index is 12.5. The third kappa shape index (κ3) is 5.01. The highest BCUT2D eigenvalue weighted by molar-refractivity contribution is 5.96. The highest BCUT2D eigenvalue weighted by Gasteiger charge is 2.23. The molecule has 2 atom stereocenters. The van der Waals surface area contributed by atoms with E-state index < -0.39 is 11.7 Å². The molecule has 0 aliphatic carbocycles. The van der Waals surface area contributed by atoms with E-state index in [1.807, 2.05) is 53.0 Å². The molecule has 0 saturated heterocycles. The van der Waals surface area contributed by atoms with Crippen LogP contribution < -0.4 is 10.6 Å². The Kier molecular flexibility index (Phi) is 5.72. The lowest BCUT2D eigenvalue weighted by Gasteiger charge is -2.24. The molecule has 0 aromatic carbocycles. The molecule has 0 saturated carbocycles. The highest BCUT2D eigenvalue weighted by atomic mass is 16.6. The number of ether oxygens (including phenoxy) is 1. The van der Waals surface area contributed by atoms with Crippen molar-refractivity contribution >= 4 is 17.7 Å². The highest BCUT2D eigenvalue weighted by Crippen LogP contribution is 2.30. The number of alkyl carbamates (subject to hydrolysis) is 1. The zero-order valence-corrected chi connectivity index (χ0v) is 17.4. The molecule has 0 fully saturated rings. The van der Waals surface area contributed by atoms with E-state index in [9.17, 15) is 9.59 Å². The number of nitrogens with one attached hydrogen (secondary N) is 2. The van der Waals surface area contributed by atoms with E-state index in [1.54, 1.807) is 23.3 Å². The van der Waals surface area contributed by atoms with Crippen molar-refractivity contribution in [2.75, 3.05) is 5.32 Å². The van der Waals surface area contributed by atoms with Crippen molar-refractivity contribution in [3.63, 3.8) is 0 Å². The van der Waals surface area contributed by atoms with Crippen LogP contribution in [0.3, 0.4) is 0 Å². The van der Waals surface area contributed by atoms with Crippen molar-refractivity contribution in [3.05, 3.63) is 42.4 Å². The fourth-order valence-corrected chi connectivity index (χ4v) is 3.13. The second-order valence-corrected chi connectivity index (χ2v) is 8.18. The molecule has 8 nitrogen and oxygen atoms in total. The lowest BCUT2D eigenvalue weighted by atomic mass is 10.0. The van der Waals surface area contributed by atoms with Crippen molar-refractivity contribution in [3.8, 4) is 11.3 Å². The van der Waals surface area contributed by atoms with Gasteiger partial charge in [-0.25, -0.2) is 4.79 Å². The minimum absolute atomic E-state index is 0.128. The van der Waals surface area contributed by atoms with Crippen LogP contribution in [-0.2, 0) is 16.6 Å². The van der Waals surface area contributed by atoms with Gasteiger partial charge in [0, 0.05) is 25.0 Å². The van der Waals surface area contributed by atoms with Gasteiger partial charge >= 0.3 is 6.09 Å². The molecule has 0 spiro atoms. The van der Waals surface area contributed by atoms with Gasteiger partial charge in [-0.3, -0.25) is 14.5 Å². The van der Waals surface area contributed by atoms with Crippen molar-refractivity contribution in [2.24, 2.45) is 13.0 Å². The number of hydrogen-bond acceptors (Lipinski definition) is 5. The molecular formula is C21H27N5O3. The summed E-state index contributed by atoms with van der Waals surface area (Å²) in [5, 5.41) is 10.1. The third-order valence-electron chi connectivity index (χ3n) is 4.53. The Balaban J connectivity index is 2.02. The summed E-state index contributed by atoms with van der Waals surface area (Å²) in [6.07, 6.45) is 8.78. The monoisotopic (exact) mass is 397 g/mol. The summed E-state index contributed by atoms with van der Waals surface area (Å²) in [5.74, 6) is -0.460. The molecule has 2 aromatic rings. The van der Waals surface area contributed by atoms with Crippen LogP contribution in [0.2, 0.25) is 0 Å². The Morgan fingerprint density at radius 1 is 1.31 bits per heavy atom. The zero-order chi connectivity index (χ0) is 21.2. The summed E-state index contributed by atoms with van der Waals surface area (Å²) in [6.45, 7) is 7.28. The summed E-state index contributed by atoms with van der Waals surface area (Å²) >= 11 is 0. The number of carbonyl (C=O) groups excluding carboxylic acids is 2.